The summed E-state index contributed by atoms with van der Waals surface area (Å²) >= 11 is 5.73. The van der Waals surface area contributed by atoms with Gasteiger partial charge in [0.1, 0.15) is 0 Å². The number of aryl methyl sites for hydroxylation is 1. The summed E-state index contributed by atoms with van der Waals surface area (Å²) in [6, 6.07) is 6.48. The average molecular weight is 263 g/mol. The molecule has 0 fully saturated rings. The Bertz CT molecular complexity index is 587. The zero-order valence-corrected chi connectivity index (χ0v) is 10.5. The number of aromatic nitrogens is 2. The van der Waals surface area contributed by atoms with Gasteiger partial charge >= 0.3 is 0 Å². The largest absolute Gasteiger partial charge is 0.294 e. The van der Waals surface area contributed by atoms with Gasteiger partial charge in [0.25, 0.3) is 0 Å². The van der Waals surface area contributed by atoms with E-state index < -0.39 is 0 Å². The molecule has 0 bridgehead atoms. The second-order valence-corrected chi connectivity index (χ2v) is 4.37. The maximum Gasteiger partial charge on any atom is 0.173 e. The summed E-state index contributed by atoms with van der Waals surface area (Å²) in [5, 5.41) is 4.46. The number of ketones is 2. The van der Waals surface area contributed by atoms with Crippen molar-refractivity contribution in [3.05, 3.63) is 52.8 Å². The van der Waals surface area contributed by atoms with Crippen LogP contribution in [-0.4, -0.2) is 21.3 Å². The normalized spacial score (nSPS) is 10.3. The number of hydrogen-bond donors (Lipinski definition) is 0. The van der Waals surface area contributed by atoms with Gasteiger partial charge in [-0.1, -0.05) is 11.6 Å². The number of carbonyl (C=O) groups is 2. The Morgan fingerprint density at radius 3 is 2.33 bits per heavy atom. The molecule has 1 aromatic carbocycles. The first kappa shape index (κ1) is 12.5. The van der Waals surface area contributed by atoms with Crippen molar-refractivity contribution in [3.63, 3.8) is 0 Å². The number of hydrogen-bond acceptors (Lipinski definition) is 3. The molecular formula is C13H11ClN2O2. The molecule has 5 heteroatoms. The third-order valence-corrected chi connectivity index (χ3v) is 2.77. The topological polar surface area (TPSA) is 52.0 Å². The van der Waals surface area contributed by atoms with Crippen molar-refractivity contribution in [2.24, 2.45) is 7.05 Å². The van der Waals surface area contributed by atoms with Gasteiger partial charge in [-0.15, -0.1) is 0 Å². The van der Waals surface area contributed by atoms with Crippen molar-refractivity contribution in [1.29, 1.82) is 0 Å². The predicted octanol–water partition coefficient (Wildman–Crippen LogP) is 2.53. The van der Waals surface area contributed by atoms with Gasteiger partial charge in [-0.2, -0.15) is 5.10 Å². The summed E-state index contributed by atoms with van der Waals surface area (Å²) in [6.45, 7) is 0. The zero-order chi connectivity index (χ0) is 13.1. The number of halogens is 1. The lowest BCUT2D eigenvalue weighted by atomic mass is 10.0. The molecule has 0 aliphatic carbocycles. The number of Topliss-reactive ketones (excluding diaryl/α,β-unsaturated/α-hetero) is 2. The van der Waals surface area contributed by atoms with Gasteiger partial charge in [0.15, 0.2) is 11.6 Å². The Hall–Kier alpha value is -1.94. The fourth-order valence-electron chi connectivity index (χ4n) is 1.55. The fraction of sp³-hybridized carbons (Fsp3) is 0.154. The third-order valence-electron chi connectivity index (χ3n) is 2.51. The minimum absolute atomic E-state index is 0.159. The van der Waals surface area contributed by atoms with Crippen molar-refractivity contribution in [3.8, 4) is 0 Å². The molecule has 0 atom stereocenters. The lowest BCUT2D eigenvalue weighted by Crippen LogP contribution is -2.08. The zero-order valence-electron chi connectivity index (χ0n) is 9.76. The van der Waals surface area contributed by atoms with Crippen molar-refractivity contribution in [1.82, 2.24) is 9.78 Å². The Labute approximate surface area is 109 Å². The van der Waals surface area contributed by atoms with Gasteiger partial charge in [-0.3, -0.25) is 14.3 Å². The van der Waals surface area contributed by atoms with Crippen molar-refractivity contribution < 1.29 is 9.59 Å². The quantitative estimate of drug-likeness (QED) is 0.628. The maximum atomic E-state index is 11.9. The van der Waals surface area contributed by atoms with Crippen LogP contribution in [0.4, 0.5) is 0 Å². The molecule has 4 nitrogen and oxygen atoms in total. The molecule has 1 aromatic heterocycles. The van der Waals surface area contributed by atoms with Crippen LogP contribution in [0.1, 0.15) is 27.1 Å². The summed E-state index contributed by atoms with van der Waals surface area (Å²) in [5.74, 6) is -0.455. The van der Waals surface area contributed by atoms with E-state index in [1.165, 1.54) is 10.9 Å². The highest BCUT2D eigenvalue weighted by molar-refractivity contribution is 6.30. The van der Waals surface area contributed by atoms with E-state index in [4.69, 9.17) is 11.6 Å². The molecule has 0 aliphatic heterocycles. The van der Waals surface area contributed by atoms with Crippen LogP contribution in [0.2, 0.25) is 5.02 Å². The van der Waals surface area contributed by atoms with Crippen LogP contribution in [-0.2, 0) is 7.05 Å². The highest BCUT2D eigenvalue weighted by atomic mass is 35.5. The summed E-state index contributed by atoms with van der Waals surface area (Å²) in [4.78, 5) is 23.7. The van der Waals surface area contributed by atoms with E-state index in [0.29, 0.717) is 16.1 Å². The molecular weight excluding hydrogens is 252 g/mol. The number of nitrogens with zero attached hydrogens (tertiary/aromatic N) is 2. The number of benzene rings is 1. The van der Waals surface area contributed by atoms with E-state index in [0.717, 1.165) is 0 Å². The van der Waals surface area contributed by atoms with Crippen molar-refractivity contribution >= 4 is 23.2 Å². The molecule has 0 amide bonds. The lowest BCUT2D eigenvalue weighted by Gasteiger charge is -1.99. The molecule has 0 saturated carbocycles. The van der Waals surface area contributed by atoms with Crippen molar-refractivity contribution in [2.45, 2.75) is 6.42 Å². The molecule has 92 valence electrons. The van der Waals surface area contributed by atoms with Crippen LogP contribution in [0, 0.1) is 0 Å². The Morgan fingerprint density at radius 2 is 1.78 bits per heavy atom. The van der Waals surface area contributed by atoms with E-state index >= 15 is 0 Å². The molecule has 0 spiro atoms. The van der Waals surface area contributed by atoms with E-state index in [9.17, 15) is 9.59 Å². The monoisotopic (exact) mass is 262 g/mol. The second-order valence-electron chi connectivity index (χ2n) is 3.93. The van der Waals surface area contributed by atoms with Crippen LogP contribution < -0.4 is 0 Å². The maximum absolute atomic E-state index is 11.9. The van der Waals surface area contributed by atoms with E-state index in [1.807, 2.05) is 0 Å². The molecule has 1 heterocycles. The molecule has 0 radical (unpaired) electrons. The average Bonchev–Trinajstić information content (AvgIpc) is 2.76. The van der Waals surface area contributed by atoms with Gasteiger partial charge in [0, 0.05) is 23.8 Å². The molecule has 2 rings (SSSR count). The van der Waals surface area contributed by atoms with E-state index in [1.54, 1.807) is 37.5 Å². The number of carbonyl (C=O) groups excluding carboxylic acids is 2. The van der Waals surface area contributed by atoms with Crippen molar-refractivity contribution in [2.75, 3.05) is 0 Å². The van der Waals surface area contributed by atoms with Gasteiger partial charge < -0.3 is 0 Å². The van der Waals surface area contributed by atoms with Crippen LogP contribution in [0.15, 0.2) is 36.7 Å². The van der Waals surface area contributed by atoms with Gasteiger partial charge in [-0.05, 0) is 24.3 Å². The highest BCUT2D eigenvalue weighted by Gasteiger charge is 2.14. The molecule has 0 N–H and O–H groups in total. The Morgan fingerprint density at radius 1 is 1.17 bits per heavy atom. The highest BCUT2D eigenvalue weighted by Crippen LogP contribution is 2.12. The summed E-state index contributed by atoms with van der Waals surface area (Å²) in [6.07, 6.45) is 2.89. The minimum atomic E-state index is -0.233. The third kappa shape index (κ3) is 2.84. The van der Waals surface area contributed by atoms with Crippen LogP contribution in [0.25, 0.3) is 0 Å². The van der Waals surface area contributed by atoms with Gasteiger partial charge in [-0.25, -0.2) is 0 Å². The first-order valence-electron chi connectivity index (χ1n) is 5.37. The van der Waals surface area contributed by atoms with E-state index in [2.05, 4.69) is 5.10 Å². The molecule has 2 aromatic rings. The van der Waals surface area contributed by atoms with Gasteiger partial charge in [0.2, 0.25) is 0 Å². The molecule has 0 aliphatic rings. The first-order chi connectivity index (χ1) is 8.56. The second kappa shape index (κ2) is 5.14. The van der Waals surface area contributed by atoms with Crippen LogP contribution >= 0.6 is 11.6 Å². The smallest absolute Gasteiger partial charge is 0.173 e. The van der Waals surface area contributed by atoms with Crippen LogP contribution in [0.3, 0.4) is 0 Å². The first-order valence-corrected chi connectivity index (χ1v) is 5.74. The molecule has 0 unspecified atom stereocenters. The van der Waals surface area contributed by atoms with Crippen LogP contribution in [0.5, 0.6) is 0 Å². The van der Waals surface area contributed by atoms with Gasteiger partial charge in [0.05, 0.1) is 18.2 Å². The number of rotatable bonds is 4. The minimum Gasteiger partial charge on any atom is -0.294 e. The summed E-state index contributed by atoms with van der Waals surface area (Å²) < 4.78 is 1.53. The summed E-state index contributed by atoms with van der Waals surface area (Å²) in [5.41, 5.74) is 0.927. The summed E-state index contributed by atoms with van der Waals surface area (Å²) in [7, 11) is 1.72. The predicted molar refractivity (Wildman–Crippen MR) is 67.9 cm³/mol. The Kier molecular flexibility index (Phi) is 3.58. The SMILES string of the molecule is Cn1cc(C(=O)CC(=O)c2ccc(Cl)cc2)cn1. The fourth-order valence-corrected chi connectivity index (χ4v) is 1.68. The molecule has 18 heavy (non-hydrogen) atoms. The standard InChI is InChI=1S/C13H11ClN2O2/c1-16-8-10(7-15-16)13(18)6-12(17)9-2-4-11(14)5-3-9/h2-5,7-8H,6H2,1H3. The van der Waals surface area contributed by atoms with E-state index in [-0.39, 0.29) is 18.0 Å². The Balaban J connectivity index is 2.08. The molecule has 0 saturated heterocycles. The lowest BCUT2D eigenvalue weighted by molar-refractivity contribution is 0.0894.